The lowest BCUT2D eigenvalue weighted by atomic mass is 10.3. The van der Waals surface area contributed by atoms with Gasteiger partial charge in [-0.05, 0) is 24.3 Å². The molecule has 1 aromatic carbocycles. The van der Waals surface area contributed by atoms with Crippen LogP contribution < -0.4 is 4.74 Å². The summed E-state index contributed by atoms with van der Waals surface area (Å²) in [5, 5.41) is 0. The van der Waals surface area contributed by atoms with Crippen LogP contribution in [0.3, 0.4) is 0 Å². The van der Waals surface area contributed by atoms with Crippen molar-refractivity contribution in [3.63, 3.8) is 0 Å². The first-order chi connectivity index (χ1) is 11.9. The number of rotatable bonds is 5. The van der Waals surface area contributed by atoms with Gasteiger partial charge < -0.3 is 9.30 Å². The maximum atomic E-state index is 5.73. The molecule has 0 amide bonds. The van der Waals surface area contributed by atoms with Crippen LogP contribution in [-0.4, -0.2) is 31.1 Å². The Hall–Kier alpha value is -3.28. The summed E-state index contributed by atoms with van der Waals surface area (Å²) in [7, 11) is 0. The van der Waals surface area contributed by atoms with Crippen LogP contribution in [0, 0.1) is 0 Å². The second-order valence-electron chi connectivity index (χ2n) is 5.23. The minimum absolute atomic E-state index is 0.520. The van der Waals surface area contributed by atoms with Crippen molar-refractivity contribution < 1.29 is 4.74 Å². The third-order valence-corrected chi connectivity index (χ3v) is 3.65. The topological polar surface area (TPSA) is 65.7 Å². The Balaban J connectivity index is 1.39. The van der Waals surface area contributed by atoms with E-state index < -0.39 is 0 Å². The van der Waals surface area contributed by atoms with Gasteiger partial charge in [0.2, 0.25) is 0 Å². The third kappa shape index (κ3) is 2.94. The quantitative estimate of drug-likeness (QED) is 0.566. The number of fused-ring (bicyclic) bond motifs is 1. The van der Waals surface area contributed by atoms with Crippen LogP contribution in [0.5, 0.6) is 5.75 Å². The van der Waals surface area contributed by atoms with E-state index in [9.17, 15) is 0 Å². The molecule has 6 heteroatoms. The molecule has 0 saturated heterocycles. The fourth-order valence-corrected chi connectivity index (χ4v) is 2.47. The van der Waals surface area contributed by atoms with E-state index in [0.717, 1.165) is 16.7 Å². The summed E-state index contributed by atoms with van der Waals surface area (Å²) in [5.74, 6) is 1.22. The van der Waals surface area contributed by atoms with Gasteiger partial charge in [0.15, 0.2) is 11.6 Å². The van der Waals surface area contributed by atoms with Crippen molar-refractivity contribution >= 4 is 11.0 Å². The number of hydrogen-bond donors (Lipinski definition) is 0. The van der Waals surface area contributed by atoms with Gasteiger partial charge in [0.05, 0.1) is 36.3 Å². The average Bonchev–Trinajstić information content (AvgIpc) is 3.06. The highest BCUT2D eigenvalue weighted by atomic mass is 16.5. The van der Waals surface area contributed by atoms with Crippen LogP contribution in [0.15, 0.2) is 67.4 Å². The first-order valence-electron chi connectivity index (χ1n) is 7.66. The largest absolute Gasteiger partial charge is 0.488 e. The van der Waals surface area contributed by atoms with Crippen molar-refractivity contribution in [2.45, 2.75) is 6.54 Å². The molecule has 0 N–H and O–H groups in total. The van der Waals surface area contributed by atoms with Gasteiger partial charge >= 0.3 is 0 Å². The van der Waals surface area contributed by atoms with Crippen molar-refractivity contribution in [2.24, 2.45) is 0 Å². The predicted molar refractivity (Wildman–Crippen MR) is 90.5 cm³/mol. The number of aromatic nitrogens is 5. The first-order valence-corrected chi connectivity index (χ1v) is 7.66. The number of imidazole rings is 1. The van der Waals surface area contributed by atoms with Crippen LogP contribution in [0.4, 0.5) is 0 Å². The summed E-state index contributed by atoms with van der Waals surface area (Å²) in [5.41, 5.74) is 2.83. The lowest BCUT2D eigenvalue weighted by Gasteiger charge is -2.07. The lowest BCUT2D eigenvalue weighted by Crippen LogP contribution is -2.07. The minimum atomic E-state index is 0.520. The molecule has 0 radical (unpaired) electrons. The monoisotopic (exact) mass is 317 g/mol. The molecule has 0 unspecified atom stereocenters. The molecule has 0 aliphatic rings. The number of nitrogens with zero attached hydrogens (tertiary/aromatic N) is 5. The van der Waals surface area contributed by atoms with E-state index in [0.29, 0.717) is 24.7 Å². The van der Waals surface area contributed by atoms with E-state index in [4.69, 9.17) is 4.74 Å². The van der Waals surface area contributed by atoms with Gasteiger partial charge in [-0.1, -0.05) is 18.2 Å². The Morgan fingerprint density at radius 2 is 1.71 bits per heavy atom. The highest BCUT2D eigenvalue weighted by Gasteiger charge is 2.04. The number of benzene rings is 1. The molecule has 0 fully saturated rings. The van der Waals surface area contributed by atoms with E-state index in [1.165, 1.54) is 0 Å². The Morgan fingerprint density at radius 1 is 0.875 bits per heavy atom. The van der Waals surface area contributed by atoms with Crippen molar-refractivity contribution in [1.29, 1.82) is 0 Å². The lowest BCUT2D eigenvalue weighted by molar-refractivity contribution is 0.298. The number of para-hydroxylation sites is 2. The van der Waals surface area contributed by atoms with Gasteiger partial charge in [0, 0.05) is 6.20 Å². The second-order valence-corrected chi connectivity index (χ2v) is 5.23. The van der Waals surface area contributed by atoms with Crippen molar-refractivity contribution in [1.82, 2.24) is 24.5 Å². The maximum absolute atomic E-state index is 5.73. The Kier molecular flexibility index (Phi) is 3.85. The van der Waals surface area contributed by atoms with Crippen LogP contribution in [0.25, 0.3) is 22.6 Å². The van der Waals surface area contributed by atoms with Gasteiger partial charge in [0.25, 0.3) is 0 Å². The zero-order valence-corrected chi connectivity index (χ0v) is 12.9. The van der Waals surface area contributed by atoms with E-state index in [1.54, 1.807) is 18.6 Å². The van der Waals surface area contributed by atoms with Gasteiger partial charge in [-0.2, -0.15) is 0 Å². The van der Waals surface area contributed by atoms with Gasteiger partial charge in [-0.25, -0.2) is 15.0 Å². The number of ether oxygens (including phenoxy) is 1. The normalized spacial score (nSPS) is 10.8. The summed E-state index contributed by atoms with van der Waals surface area (Å²) in [4.78, 5) is 17.2. The van der Waals surface area contributed by atoms with Gasteiger partial charge in [0.1, 0.15) is 12.3 Å². The first kappa shape index (κ1) is 14.3. The van der Waals surface area contributed by atoms with Gasteiger partial charge in [-0.3, -0.25) is 4.98 Å². The summed E-state index contributed by atoms with van der Waals surface area (Å²) in [6, 6.07) is 13.7. The Labute approximate surface area is 138 Å². The molecule has 0 aliphatic heterocycles. The predicted octanol–water partition coefficient (Wildman–Crippen LogP) is 2.97. The zero-order chi connectivity index (χ0) is 16.2. The van der Waals surface area contributed by atoms with Crippen LogP contribution in [0.1, 0.15) is 0 Å². The summed E-state index contributed by atoms with van der Waals surface area (Å²) in [6.45, 7) is 1.23. The standard InChI is InChI=1S/C18H15N5O/c1-2-7-17-15(5-1)22-13-23(17)9-10-24-14-11-20-18(21-12-14)16-6-3-4-8-19-16/h1-8,11-13H,9-10H2. The average molecular weight is 317 g/mol. The molecule has 0 spiro atoms. The highest BCUT2D eigenvalue weighted by molar-refractivity contribution is 5.74. The molecule has 0 atom stereocenters. The molecule has 6 nitrogen and oxygen atoms in total. The highest BCUT2D eigenvalue weighted by Crippen LogP contribution is 2.15. The third-order valence-electron chi connectivity index (χ3n) is 3.65. The zero-order valence-electron chi connectivity index (χ0n) is 12.9. The smallest absolute Gasteiger partial charge is 0.178 e. The molecule has 3 heterocycles. The van der Waals surface area contributed by atoms with Crippen LogP contribution >= 0.6 is 0 Å². The molecule has 118 valence electrons. The molecule has 0 bridgehead atoms. The van der Waals surface area contributed by atoms with E-state index in [1.807, 2.05) is 48.8 Å². The fourth-order valence-electron chi connectivity index (χ4n) is 2.47. The molecular formula is C18H15N5O. The summed E-state index contributed by atoms with van der Waals surface area (Å²) < 4.78 is 7.79. The summed E-state index contributed by atoms with van der Waals surface area (Å²) >= 11 is 0. The fraction of sp³-hybridized carbons (Fsp3) is 0.111. The van der Waals surface area contributed by atoms with Crippen molar-refractivity contribution in [3.8, 4) is 17.3 Å². The SMILES string of the molecule is c1ccc(-c2ncc(OCCn3cnc4ccccc43)cn2)nc1. The molecule has 3 aromatic heterocycles. The Bertz CT molecular complexity index is 934. The van der Waals surface area contributed by atoms with Crippen molar-refractivity contribution in [2.75, 3.05) is 6.61 Å². The molecule has 4 aromatic rings. The molecule has 0 saturated carbocycles. The number of pyridine rings is 1. The molecule has 0 aliphatic carbocycles. The Morgan fingerprint density at radius 3 is 2.54 bits per heavy atom. The molecule has 4 rings (SSSR count). The van der Waals surface area contributed by atoms with Crippen molar-refractivity contribution in [3.05, 3.63) is 67.4 Å². The van der Waals surface area contributed by atoms with E-state index in [2.05, 4.69) is 24.5 Å². The molecule has 24 heavy (non-hydrogen) atoms. The second kappa shape index (κ2) is 6.45. The minimum Gasteiger partial charge on any atom is -0.488 e. The van der Waals surface area contributed by atoms with Gasteiger partial charge in [-0.15, -0.1) is 0 Å². The number of hydrogen-bond acceptors (Lipinski definition) is 5. The van der Waals surface area contributed by atoms with E-state index >= 15 is 0 Å². The van der Waals surface area contributed by atoms with E-state index in [-0.39, 0.29) is 0 Å². The van der Waals surface area contributed by atoms with Crippen LogP contribution in [0.2, 0.25) is 0 Å². The molecular weight excluding hydrogens is 302 g/mol. The maximum Gasteiger partial charge on any atom is 0.178 e. The summed E-state index contributed by atoms with van der Waals surface area (Å²) in [6.07, 6.45) is 6.89. The van der Waals surface area contributed by atoms with Crippen LogP contribution in [-0.2, 0) is 6.54 Å².